The highest BCUT2D eigenvalue weighted by Gasteiger charge is 2.36. The molecule has 0 fully saturated rings. The summed E-state index contributed by atoms with van der Waals surface area (Å²) in [5, 5.41) is 8.64. The van der Waals surface area contributed by atoms with E-state index in [-0.39, 0.29) is 5.41 Å². The van der Waals surface area contributed by atoms with E-state index >= 15 is 0 Å². The van der Waals surface area contributed by atoms with Crippen molar-refractivity contribution in [1.29, 1.82) is 0 Å². The number of nitrogens with zero attached hydrogens (tertiary/aromatic N) is 3. The first-order chi connectivity index (χ1) is 30.5. The summed E-state index contributed by atoms with van der Waals surface area (Å²) >= 11 is 1.86. The van der Waals surface area contributed by atoms with Gasteiger partial charge in [-0.15, -0.1) is 11.3 Å². The molecule has 0 atom stereocenters. The smallest absolute Gasteiger partial charge is 0.0788 e. The Balaban J connectivity index is 1.00. The third-order valence-corrected chi connectivity index (χ3v) is 14.5. The highest BCUT2D eigenvalue weighted by molar-refractivity contribution is 7.25. The van der Waals surface area contributed by atoms with Crippen LogP contribution in [0.3, 0.4) is 0 Å². The molecule has 3 heterocycles. The van der Waals surface area contributed by atoms with Gasteiger partial charge >= 0.3 is 0 Å². The zero-order valence-electron chi connectivity index (χ0n) is 34.3. The number of fused-ring (bicyclic) bond motifs is 13. The summed E-state index contributed by atoms with van der Waals surface area (Å²) < 4.78 is 4.99. The van der Waals surface area contributed by atoms with Crippen molar-refractivity contribution in [2.24, 2.45) is 0 Å². The second-order valence-electron chi connectivity index (χ2n) is 17.1. The first-order valence-electron chi connectivity index (χ1n) is 21.4. The van der Waals surface area contributed by atoms with E-state index in [2.05, 4.69) is 224 Å². The van der Waals surface area contributed by atoms with E-state index in [4.69, 9.17) is 4.98 Å². The molecule has 1 aliphatic carbocycles. The quantitative estimate of drug-likeness (QED) is 0.162. The summed E-state index contributed by atoms with van der Waals surface area (Å²) in [4.78, 5) is 7.86. The Morgan fingerprint density at radius 1 is 0.452 bits per heavy atom. The van der Waals surface area contributed by atoms with Gasteiger partial charge in [0.2, 0.25) is 0 Å². The Labute approximate surface area is 363 Å². The summed E-state index contributed by atoms with van der Waals surface area (Å²) in [5.74, 6) is 0. The van der Waals surface area contributed by atoms with E-state index in [1.807, 2.05) is 11.3 Å². The average molecular weight is 810 g/mol. The number of hydrogen-bond donors (Lipinski definition) is 0. The molecule has 4 heteroatoms. The lowest BCUT2D eigenvalue weighted by Gasteiger charge is -2.28. The van der Waals surface area contributed by atoms with E-state index in [0.29, 0.717) is 0 Å². The number of pyridine rings is 1. The van der Waals surface area contributed by atoms with Crippen molar-refractivity contribution >= 4 is 92.1 Å². The first kappa shape index (κ1) is 35.2. The van der Waals surface area contributed by atoms with Crippen molar-refractivity contribution in [3.8, 4) is 28.1 Å². The maximum atomic E-state index is 5.43. The summed E-state index contributed by atoms with van der Waals surface area (Å²) in [6, 6.07) is 73.4. The standard InChI is InChI=1S/C58H39N3S/c1-58(2)48-20-10-6-16-41(48)42-30-28-39(34-49(42)58)60(40-29-31-44-43-17-9-13-23-53(43)62-54(44)35-40)38-26-24-36(25-27-38)57-47-32-33-52-56(55(47)45-18-7-11-21-50(45)59-57)46-19-8-12-22-51(46)61(52)37-14-4-3-5-15-37/h3-35H,1-2H3. The lowest BCUT2D eigenvalue weighted by molar-refractivity contribution is 0.660. The SMILES string of the molecule is CC1(C)c2ccccc2-c2ccc(N(c3ccc(-c4nc5ccccc5c5c4ccc4c5c5ccccc5n4-c4ccccc4)cc3)c3ccc4c(c3)sc3ccccc34)cc21. The minimum Gasteiger partial charge on any atom is -0.310 e. The second kappa shape index (κ2) is 13.2. The van der Waals surface area contributed by atoms with Crippen LogP contribution in [0.4, 0.5) is 17.1 Å². The number of aromatic nitrogens is 2. The highest BCUT2D eigenvalue weighted by Crippen LogP contribution is 2.51. The van der Waals surface area contributed by atoms with E-state index in [1.54, 1.807) is 0 Å². The molecule has 9 aromatic carbocycles. The molecule has 0 bridgehead atoms. The zero-order chi connectivity index (χ0) is 41.1. The number of thiophene rings is 1. The molecule has 0 N–H and O–H groups in total. The molecular weight excluding hydrogens is 771 g/mol. The topological polar surface area (TPSA) is 21.1 Å². The van der Waals surface area contributed by atoms with Crippen LogP contribution in [0.15, 0.2) is 200 Å². The molecule has 0 unspecified atom stereocenters. The lowest BCUT2D eigenvalue weighted by Crippen LogP contribution is -2.16. The first-order valence-corrected chi connectivity index (χ1v) is 22.2. The van der Waals surface area contributed by atoms with Crippen molar-refractivity contribution in [2.75, 3.05) is 4.90 Å². The van der Waals surface area contributed by atoms with Crippen LogP contribution >= 0.6 is 11.3 Å². The molecule has 62 heavy (non-hydrogen) atoms. The van der Waals surface area contributed by atoms with Crippen molar-refractivity contribution in [1.82, 2.24) is 9.55 Å². The van der Waals surface area contributed by atoms with Gasteiger partial charge in [0.25, 0.3) is 0 Å². The van der Waals surface area contributed by atoms with Gasteiger partial charge in [-0.3, -0.25) is 0 Å². The minimum atomic E-state index is -0.117. The summed E-state index contributed by atoms with van der Waals surface area (Å²) in [5.41, 5.74) is 15.2. The Hall–Kier alpha value is -7.53. The van der Waals surface area contributed by atoms with Gasteiger partial charge in [0.15, 0.2) is 0 Å². The predicted octanol–water partition coefficient (Wildman–Crippen LogP) is 16.3. The highest BCUT2D eigenvalue weighted by atomic mass is 32.1. The molecule has 0 amide bonds. The Morgan fingerprint density at radius 2 is 1.10 bits per heavy atom. The molecule has 0 radical (unpaired) electrons. The molecule has 0 saturated heterocycles. The molecule has 0 aliphatic heterocycles. The van der Waals surface area contributed by atoms with Crippen LogP contribution in [0, 0.1) is 0 Å². The van der Waals surface area contributed by atoms with E-state index in [0.717, 1.165) is 50.3 Å². The van der Waals surface area contributed by atoms with Gasteiger partial charge in [0, 0.05) is 80.8 Å². The van der Waals surface area contributed by atoms with Gasteiger partial charge in [-0.1, -0.05) is 141 Å². The maximum absolute atomic E-state index is 5.43. The number of para-hydroxylation sites is 3. The van der Waals surface area contributed by atoms with E-state index in [9.17, 15) is 0 Å². The van der Waals surface area contributed by atoms with Gasteiger partial charge in [0.05, 0.1) is 22.2 Å². The van der Waals surface area contributed by atoms with Crippen molar-refractivity contribution in [2.45, 2.75) is 19.3 Å². The maximum Gasteiger partial charge on any atom is 0.0788 e. The molecule has 292 valence electrons. The molecule has 12 aromatic rings. The lowest BCUT2D eigenvalue weighted by atomic mass is 9.82. The minimum absolute atomic E-state index is 0.117. The van der Waals surface area contributed by atoms with Gasteiger partial charge in [-0.05, 0) is 95.1 Å². The van der Waals surface area contributed by atoms with Gasteiger partial charge in [0.1, 0.15) is 0 Å². The predicted molar refractivity (Wildman–Crippen MR) is 264 cm³/mol. The number of benzene rings is 9. The van der Waals surface area contributed by atoms with Gasteiger partial charge < -0.3 is 9.47 Å². The fraction of sp³-hybridized carbons (Fsp3) is 0.0517. The van der Waals surface area contributed by atoms with Crippen LogP contribution in [0.5, 0.6) is 0 Å². The Morgan fingerprint density at radius 3 is 1.97 bits per heavy atom. The van der Waals surface area contributed by atoms with Crippen LogP contribution < -0.4 is 4.90 Å². The van der Waals surface area contributed by atoms with Crippen LogP contribution in [0.2, 0.25) is 0 Å². The van der Waals surface area contributed by atoms with Crippen molar-refractivity contribution in [3.05, 3.63) is 211 Å². The van der Waals surface area contributed by atoms with Crippen LogP contribution in [0.1, 0.15) is 25.0 Å². The fourth-order valence-electron chi connectivity index (χ4n) is 10.5. The number of rotatable bonds is 5. The molecule has 0 spiro atoms. The Bertz CT molecular complexity index is 3780. The molecule has 1 aliphatic rings. The Kier molecular flexibility index (Phi) is 7.52. The molecular formula is C58H39N3S. The molecule has 3 aromatic heterocycles. The summed E-state index contributed by atoms with van der Waals surface area (Å²) in [6.45, 7) is 4.72. The average Bonchev–Trinajstić information content (AvgIpc) is 3.94. The normalized spacial score (nSPS) is 13.1. The van der Waals surface area contributed by atoms with Crippen LogP contribution in [-0.4, -0.2) is 9.55 Å². The van der Waals surface area contributed by atoms with Crippen molar-refractivity contribution < 1.29 is 0 Å². The molecule has 0 saturated carbocycles. The van der Waals surface area contributed by atoms with E-state index in [1.165, 1.54) is 69.6 Å². The van der Waals surface area contributed by atoms with Crippen LogP contribution in [0.25, 0.3) is 91.7 Å². The zero-order valence-corrected chi connectivity index (χ0v) is 35.1. The third kappa shape index (κ3) is 5.08. The molecule has 3 nitrogen and oxygen atoms in total. The fourth-order valence-corrected chi connectivity index (χ4v) is 11.6. The third-order valence-electron chi connectivity index (χ3n) is 13.4. The number of anilines is 3. The van der Waals surface area contributed by atoms with Gasteiger partial charge in [-0.2, -0.15) is 0 Å². The van der Waals surface area contributed by atoms with E-state index < -0.39 is 0 Å². The van der Waals surface area contributed by atoms with Crippen LogP contribution in [-0.2, 0) is 5.41 Å². The van der Waals surface area contributed by atoms with Crippen molar-refractivity contribution in [3.63, 3.8) is 0 Å². The monoisotopic (exact) mass is 809 g/mol. The summed E-state index contributed by atoms with van der Waals surface area (Å²) in [6.07, 6.45) is 0. The number of hydrogen-bond acceptors (Lipinski definition) is 3. The summed E-state index contributed by atoms with van der Waals surface area (Å²) in [7, 11) is 0. The molecule has 13 rings (SSSR count). The largest absolute Gasteiger partial charge is 0.310 e. The second-order valence-corrected chi connectivity index (χ2v) is 18.2. The van der Waals surface area contributed by atoms with Gasteiger partial charge in [-0.25, -0.2) is 4.98 Å².